The summed E-state index contributed by atoms with van der Waals surface area (Å²) in [7, 11) is 0. The van der Waals surface area contributed by atoms with Crippen LogP contribution < -0.4 is 11.3 Å². The molecule has 2 rings (SSSR count). The van der Waals surface area contributed by atoms with Gasteiger partial charge in [0.2, 0.25) is 5.91 Å². The fraction of sp³-hybridized carbons (Fsp3) is 0.500. The van der Waals surface area contributed by atoms with Crippen molar-refractivity contribution < 1.29 is 9.59 Å². The summed E-state index contributed by atoms with van der Waals surface area (Å²) >= 11 is 1.41. The van der Waals surface area contributed by atoms with Crippen LogP contribution in [0.25, 0.3) is 0 Å². The number of nitrogen functional groups attached to an aromatic ring is 1. The zero-order chi connectivity index (χ0) is 13.1. The first-order valence-corrected chi connectivity index (χ1v) is 6.81. The molecule has 1 aliphatic rings. The molecule has 1 saturated heterocycles. The van der Waals surface area contributed by atoms with Crippen molar-refractivity contribution in [3.63, 3.8) is 0 Å². The minimum absolute atomic E-state index is 0.205. The molecule has 0 unspecified atom stereocenters. The second-order valence-corrected chi connectivity index (χ2v) is 5.69. The Balaban J connectivity index is 2.11. The molecule has 3 N–H and O–H groups in total. The second kappa shape index (κ2) is 5.49. The van der Waals surface area contributed by atoms with Gasteiger partial charge in [-0.15, -0.1) is 11.3 Å². The summed E-state index contributed by atoms with van der Waals surface area (Å²) in [6.45, 7) is 3.37. The summed E-state index contributed by atoms with van der Waals surface area (Å²) in [5.74, 6) is 5.04. The number of likely N-dealkylation sites (tertiary alicyclic amines) is 1. The molecular formula is C12H17N3O2S. The molecule has 2 amide bonds. The van der Waals surface area contributed by atoms with Crippen molar-refractivity contribution in [3.05, 3.63) is 21.4 Å². The summed E-state index contributed by atoms with van der Waals surface area (Å²) in [4.78, 5) is 26.7. The standard InChI is InChI=1S/C12H17N3O2S/c1-8-9(6-10(18-8)12(17)14-13)7-15-5-3-2-4-11(15)16/h6H,2-5,7,13H2,1H3,(H,14,17). The van der Waals surface area contributed by atoms with Crippen molar-refractivity contribution in [2.24, 2.45) is 5.84 Å². The van der Waals surface area contributed by atoms with Gasteiger partial charge in [0.05, 0.1) is 4.88 Å². The summed E-state index contributed by atoms with van der Waals surface area (Å²) in [5.41, 5.74) is 3.16. The highest BCUT2D eigenvalue weighted by Crippen LogP contribution is 2.24. The van der Waals surface area contributed by atoms with Crippen LogP contribution in [-0.4, -0.2) is 23.3 Å². The maximum absolute atomic E-state index is 11.7. The Morgan fingerprint density at radius 1 is 1.56 bits per heavy atom. The van der Waals surface area contributed by atoms with Crippen molar-refractivity contribution in [1.29, 1.82) is 0 Å². The van der Waals surface area contributed by atoms with Gasteiger partial charge in [-0.25, -0.2) is 5.84 Å². The van der Waals surface area contributed by atoms with E-state index >= 15 is 0 Å². The molecule has 0 spiro atoms. The Kier molecular flexibility index (Phi) is 3.98. The summed E-state index contributed by atoms with van der Waals surface area (Å²) in [6, 6.07) is 1.82. The first-order valence-electron chi connectivity index (χ1n) is 6.00. The third-order valence-electron chi connectivity index (χ3n) is 3.16. The predicted octanol–water partition coefficient (Wildman–Crippen LogP) is 1.17. The third kappa shape index (κ3) is 2.70. The minimum atomic E-state index is -0.278. The van der Waals surface area contributed by atoms with Crippen LogP contribution in [0.4, 0.5) is 0 Å². The van der Waals surface area contributed by atoms with E-state index in [2.05, 4.69) is 5.43 Å². The van der Waals surface area contributed by atoms with Crippen LogP contribution in [0.1, 0.15) is 39.4 Å². The van der Waals surface area contributed by atoms with Gasteiger partial charge in [0.1, 0.15) is 0 Å². The van der Waals surface area contributed by atoms with Gasteiger partial charge in [0.15, 0.2) is 0 Å². The lowest BCUT2D eigenvalue weighted by Gasteiger charge is -2.26. The van der Waals surface area contributed by atoms with E-state index in [0.717, 1.165) is 29.8 Å². The number of amides is 2. The van der Waals surface area contributed by atoms with E-state index in [9.17, 15) is 9.59 Å². The van der Waals surface area contributed by atoms with Gasteiger partial charge in [-0.1, -0.05) is 0 Å². The lowest BCUT2D eigenvalue weighted by molar-refractivity contribution is -0.133. The Morgan fingerprint density at radius 3 is 3.00 bits per heavy atom. The number of rotatable bonds is 3. The van der Waals surface area contributed by atoms with Gasteiger partial charge < -0.3 is 4.90 Å². The number of hydrogen-bond donors (Lipinski definition) is 2. The van der Waals surface area contributed by atoms with E-state index in [4.69, 9.17) is 5.84 Å². The molecule has 6 heteroatoms. The SMILES string of the molecule is Cc1sc(C(=O)NN)cc1CN1CCCCC1=O. The summed E-state index contributed by atoms with van der Waals surface area (Å²) in [6.07, 6.45) is 2.68. The van der Waals surface area contributed by atoms with Crippen molar-refractivity contribution >= 4 is 23.2 Å². The minimum Gasteiger partial charge on any atom is -0.338 e. The monoisotopic (exact) mass is 267 g/mol. The lowest BCUT2D eigenvalue weighted by Crippen LogP contribution is -2.34. The topological polar surface area (TPSA) is 75.4 Å². The maximum atomic E-state index is 11.7. The molecule has 2 heterocycles. The van der Waals surface area contributed by atoms with Gasteiger partial charge in [-0.2, -0.15) is 0 Å². The molecule has 1 fully saturated rings. The molecule has 0 bridgehead atoms. The molecule has 5 nitrogen and oxygen atoms in total. The van der Waals surface area contributed by atoms with Crippen molar-refractivity contribution in [3.8, 4) is 0 Å². The van der Waals surface area contributed by atoms with Gasteiger partial charge in [0, 0.05) is 24.4 Å². The van der Waals surface area contributed by atoms with E-state index in [0.29, 0.717) is 17.8 Å². The van der Waals surface area contributed by atoms with Crippen molar-refractivity contribution in [2.75, 3.05) is 6.54 Å². The van der Waals surface area contributed by atoms with Gasteiger partial charge in [0.25, 0.3) is 5.91 Å². The second-order valence-electron chi connectivity index (χ2n) is 4.44. The van der Waals surface area contributed by atoms with Crippen LogP contribution >= 0.6 is 11.3 Å². The molecule has 1 aromatic rings. The highest BCUT2D eigenvalue weighted by atomic mass is 32.1. The number of nitrogens with two attached hydrogens (primary N) is 1. The van der Waals surface area contributed by atoms with E-state index < -0.39 is 0 Å². The van der Waals surface area contributed by atoms with Crippen LogP contribution in [0.5, 0.6) is 0 Å². The Labute approximate surface area is 110 Å². The molecule has 0 radical (unpaired) electrons. The number of hydrazine groups is 1. The van der Waals surface area contributed by atoms with Crippen LogP contribution in [0, 0.1) is 6.92 Å². The Bertz CT molecular complexity index is 470. The van der Waals surface area contributed by atoms with Crippen LogP contribution in [0.3, 0.4) is 0 Å². The van der Waals surface area contributed by atoms with Crippen LogP contribution in [0.15, 0.2) is 6.07 Å². The summed E-state index contributed by atoms with van der Waals surface area (Å²) < 4.78 is 0. The zero-order valence-electron chi connectivity index (χ0n) is 10.4. The average Bonchev–Trinajstić information content (AvgIpc) is 2.73. The quantitative estimate of drug-likeness (QED) is 0.490. The van der Waals surface area contributed by atoms with E-state index in [1.54, 1.807) is 0 Å². The van der Waals surface area contributed by atoms with Crippen molar-refractivity contribution in [1.82, 2.24) is 10.3 Å². The fourth-order valence-corrected chi connectivity index (χ4v) is 3.03. The number of carbonyl (C=O) groups excluding carboxylic acids is 2. The first-order chi connectivity index (χ1) is 8.61. The van der Waals surface area contributed by atoms with Crippen LogP contribution in [-0.2, 0) is 11.3 Å². The molecule has 1 aromatic heterocycles. The fourth-order valence-electron chi connectivity index (χ4n) is 2.09. The van der Waals surface area contributed by atoms with E-state index in [1.165, 1.54) is 11.3 Å². The van der Waals surface area contributed by atoms with Crippen molar-refractivity contribution in [2.45, 2.75) is 32.7 Å². The number of carbonyl (C=O) groups is 2. The van der Waals surface area contributed by atoms with Gasteiger partial charge in [-0.3, -0.25) is 15.0 Å². The number of nitrogens with one attached hydrogen (secondary N) is 1. The molecule has 18 heavy (non-hydrogen) atoms. The highest BCUT2D eigenvalue weighted by Gasteiger charge is 2.20. The molecular weight excluding hydrogens is 250 g/mol. The molecule has 0 atom stereocenters. The lowest BCUT2D eigenvalue weighted by atomic mass is 10.1. The van der Waals surface area contributed by atoms with E-state index in [-0.39, 0.29) is 11.8 Å². The molecule has 0 aromatic carbocycles. The smallest absolute Gasteiger partial charge is 0.275 e. The molecule has 98 valence electrons. The number of thiophene rings is 1. The number of nitrogens with zero attached hydrogens (tertiary/aromatic N) is 1. The largest absolute Gasteiger partial charge is 0.338 e. The Hall–Kier alpha value is -1.40. The molecule has 0 aliphatic carbocycles. The zero-order valence-corrected chi connectivity index (χ0v) is 11.2. The Morgan fingerprint density at radius 2 is 2.33 bits per heavy atom. The highest BCUT2D eigenvalue weighted by molar-refractivity contribution is 7.14. The number of piperidine rings is 1. The number of hydrogen-bond acceptors (Lipinski definition) is 4. The predicted molar refractivity (Wildman–Crippen MR) is 70.0 cm³/mol. The molecule has 1 aliphatic heterocycles. The maximum Gasteiger partial charge on any atom is 0.275 e. The van der Waals surface area contributed by atoms with Crippen LogP contribution in [0.2, 0.25) is 0 Å². The molecule has 0 saturated carbocycles. The summed E-state index contributed by atoms with van der Waals surface area (Å²) in [5, 5.41) is 0. The van der Waals surface area contributed by atoms with Gasteiger partial charge in [-0.05, 0) is 31.4 Å². The van der Waals surface area contributed by atoms with Gasteiger partial charge >= 0.3 is 0 Å². The average molecular weight is 267 g/mol. The van der Waals surface area contributed by atoms with E-state index in [1.807, 2.05) is 17.9 Å². The normalized spacial score (nSPS) is 15.9. The third-order valence-corrected chi connectivity index (χ3v) is 4.25. The first kappa shape index (κ1) is 13.0. The number of aryl methyl sites for hydroxylation is 1.